The molecule has 0 aliphatic heterocycles. The van der Waals surface area contributed by atoms with Crippen LogP contribution in [0.1, 0.15) is 16.7 Å². The van der Waals surface area contributed by atoms with Gasteiger partial charge >= 0.3 is 0 Å². The Bertz CT molecular complexity index is 419. The monoisotopic (exact) mass is 325 g/mol. The molecule has 3 heteroatoms. The van der Waals surface area contributed by atoms with E-state index in [1.807, 2.05) is 0 Å². The van der Waals surface area contributed by atoms with Crippen molar-refractivity contribution in [2.45, 2.75) is 20.0 Å². The zero-order valence-corrected chi connectivity index (χ0v) is 12.7. The fourth-order valence-corrected chi connectivity index (χ4v) is 1.92. The lowest BCUT2D eigenvalue weighted by atomic mass is 10.1. The lowest BCUT2D eigenvalue weighted by Gasteiger charge is -2.05. The number of halogens is 2. The van der Waals surface area contributed by atoms with E-state index >= 15 is 0 Å². The molecule has 18 heavy (non-hydrogen) atoms. The SMILES string of the molecule is Cc1ccc(CNCc2ccc(Br)cc2)cc1.Cl. The lowest BCUT2D eigenvalue weighted by molar-refractivity contribution is 0.693. The van der Waals surface area contributed by atoms with Gasteiger partial charge in [-0.3, -0.25) is 0 Å². The van der Waals surface area contributed by atoms with E-state index in [-0.39, 0.29) is 12.4 Å². The van der Waals surface area contributed by atoms with Crippen LogP contribution < -0.4 is 5.32 Å². The van der Waals surface area contributed by atoms with Gasteiger partial charge in [-0.15, -0.1) is 12.4 Å². The number of hydrogen-bond donors (Lipinski definition) is 1. The Hall–Kier alpha value is -0.830. The van der Waals surface area contributed by atoms with Crippen molar-refractivity contribution in [3.05, 3.63) is 69.7 Å². The van der Waals surface area contributed by atoms with E-state index in [1.165, 1.54) is 16.7 Å². The van der Waals surface area contributed by atoms with Crippen molar-refractivity contribution < 1.29 is 0 Å². The Balaban J connectivity index is 0.00000162. The third kappa shape index (κ3) is 4.81. The molecule has 0 aromatic heterocycles. The van der Waals surface area contributed by atoms with Gasteiger partial charge < -0.3 is 5.32 Å². The van der Waals surface area contributed by atoms with Crippen molar-refractivity contribution in [3.63, 3.8) is 0 Å². The summed E-state index contributed by atoms with van der Waals surface area (Å²) in [7, 11) is 0. The first kappa shape index (κ1) is 15.2. The number of aryl methyl sites for hydroxylation is 1. The Morgan fingerprint density at radius 2 is 1.28 bits per heavy atom. The first-order valence-electron chi connectivity index (χ1n) is 5.75. The molecule has 0 fully saturated rings. The van der Waals surface area contributed by atoms with Crippen LogP contribution in [0.5, 0.6) is 0 Å². The molecule has 0 unspecified atom stereocenters. The highest BCUT2D eigenvalue weighted by molar-refractivity contribution is 9.10. The van der Waals surface area contributed by atoms with Gasteiger partial charge in [0, 0.05) is 17.6 Å². The molecule has 0 bridgehead atoms. The third-order valence-corrected chi connectivity index (χ3v) is 3.22. The number of benzene rings is 2. The Morgan fingerprint density at radius 1 is 0.833 bits per heavy atom. The molecule has 0 atom stereocenters. The van der Waals surface area contributed by atoms with Crippen LogP contribution in [-0.4, -0.2) is 0 Å². The molecule has 96 valence electrons. The first-order chi connectivity index (χ1) is 8.24. The minimum Gasteiger partial charge on any atom is -0.309 e. The average molecular weight is 327 g/mol. The second-order valence-electron chi connectivity index (χ2n) is 4.22. The smallest absolute Gasteiger partial charge is 0.0208 e. The summed E-state index contributed by atoms with van der Waals surface area (Å²) in [5, 5.41) is 3.44. The van der Waals surface area contributed by atoms with Crippen molar-refractivity contribution in [2.24, 2.45) is 0 Å². The van der Waals surface area contributed by atoms with Crippen LogP contribution >= 0.6 is 28.3 Å². The van der Waals surface area contributed by atoms with Crippen LogP contribution in [0.3, 0.4) is 0 Å². The molecule has 0 spiro atoms. The van der Waals surface area contributed by atoms with E-state index in [0.717, 1.165) is 17.6 Å². The lowest BCUT2D eigenvalue weighted by Crippen LogP contribution is -2.12. The second kappa shape index (κ2) is 7.57. The summed E-state index contributed by atoms with van der Waals surface area (Å²) in [6.07, 6.45) is 0. The molecule has 0 saturated heterocycles. The maximum atomic E-state index is 3.44. The minimum atomic E-state index is 0. The van der Waals surface area contributed by atoms with Crippen molar-refractivity contribution in [1.82, 2.24) is 5.32 Å². The average Bonchev–Trinajstić information content (AvgIpc) is 2.34. The van der Waals surface area contributed by atoms with E-state index in [1.54, 1.807) is 0 Å². The van der Waals surface area contributed by atoms with Crippen LogP contribution in [0.4, 0.5) is 0 Å². The Kier molecular flexibility index (Phi) is 6.41. The van der Waals surface area contributed by atoms with Crippen LogP contribution in [0.25, 0.3) is 0 Å². The summed E-state index contributed by atoms with van der Waals surface area (Å²) in [6.45, 7) is 3.93. The summed E-state index contributed by atoms with van der Waals surface area (Å²) >= 11 is 3.44. The van der Waals surface area contributed by atoms with Gasteiger partial charge in [-0.05, 0) is 30.2 Å². The highest BCUT2D eigenvalue weighted by Crippen LogP contribution is 2.10. The summed E-state index contributed by atoms with van der Waals surface area (Å²) in [5.41, 5.74) is 3.94. The van der Waals surface area contributed by atoms with Crippen molar-refractivity contribution in [2.75, 3.05) is 0 Å². The molecule has 2 aromatic rings. The van der Waals surface area contributed by atoms with Gasteiger partial charge in [-0.1, -0.05) is 57.9 Å². The summed E-state index contributed by atoms with van der Waals surface area (Å²) < 4.78 is 1.12. The topological polar surface area (TPSA) is 12.0 Å². The van der Waals surface area contributed by atoms with Crippen LogP contribution in [0.15, 0.2) is 53.0 Å². The van der Waals surface area contributed by atoms with Gasteiger partial charge in [0.1, 0.15) is 0 Å². The van der Waals surface area contributed by atoms with E-state index in [0.29, 0.717) is 0 Å². The molecule has 1 N–H and O–H groups in total. The van der Waals surface area contributed by atoms with E-state index < -0.39 is 0 Å². The molecule has 0 radical (unpaired) electrons. The molecule has 1 nitrogen and oxygen atoms in total. The van der Waals surface area contributed by atoms with Crippen molar-refractivity contribution in [3.8, 4) is 0 Å². The fourth-order valence-electron chi connectivity index (χ4n) is 1.66. The third-order valence-electron chi connectivity index (χ3n) is 2.69. The molecule has 0 aliphatic carbocycles. The van der Waals surface area contributed by atoms with E-state index in [4.69, 9.17) is 0 Å². The van der Waals surface area contributed by atoms with Crippen LogP contribution in [-0.2, 0) is 13.1 Å². The molecule has 0 aliphatic rings. The highest BCUT2D eigenvalue weighted by atomic mass is 79.9. The van der Waals surface area contributed by atoms with Gasteiger partial charge in [0.25, 0.3) is 0 Å². The van der Waals surface area contributed by atoms with Crippen LogP contribution in [0, 0.1) is 6.92 Å². The maximum Gasteiger partial charge on any atom is 0.0208 e. The zero-order valence-electron chi connectivity index (χ0n) is 10.3. The standard InChI is InChI=1S/C15H16BrN.ClH/c1-12-2-4-13(5-3-12)10-17-11-14-6-8-15(16)9-7-14;/h2-9,17H,10-11H2,1H3;1H. The number of hydrogen-bond acceptors (Lipinski definition) is 1. The summed E-state index contributed by atoms with van der Waals surface area (Å²) in [4.78, 5) is 0. The van der Waals surface area contributed by atoms with Gasteiger partial charge in [0.05, 0.1) is 0 Å². The largest absolute Gasteiger partial charge is 0.309 e. The molecule has 0 heterocycles. The summed E-state index contributed by atoms with van der Waals surface area (Å²) in [5.74, 6) is 0. The van der Waals surface area contributed by atoms with E-state index in [9.17, 15) is 0 Å². The van der Waals surface area contributed by atoms with Crippen LogP contribution in [0.2, 0.25) is 0 Å². The summed E-state index contributed by atoms with van der Waals surface area (Å²) in [6, 6.07) is 17.0. The van der Waals surface area contributed by atoms with Crippen molar-refractivity contribution in [1.29, 1.82) is 0 Å². The van der Waals surface area contributed by atoms with Gasteiger partial charge in [0.2, 0.25) is 0 Å². The highest BCUT2D eigenvalue weighted by Gasteiger charge is 1.94. The number of rotatable bonds is 4. The Labute approximate surface area is 123 Å². The maximum absolute atomic E-state index is 3.44. The van der Waals surface area contributed by atoms with E-state index in [2.05, 4.69) is 76.7 Å². The normalized spacial score (nSPS) is 9.89. The zero-order chi connectivity index (χ0) is 12.1. The van der Waals surface area contributed by atoms with Crippen molar-refractivity contribution >= 4 is 28.3 Å². The molecule has 0 saturated carbocycles. The molecule has 0 amide bonds. The molecular formula is C15H17BrClN. The minimum absolute atomic E-state index is 0. The second-order valence-corrected chi connectivity index (χ2v) is 5.13. The Morgan fingerprint density at radius 3 is 1.78 bits per heavy atom. The molecule has 2 aromatic carbocycles. The molecular weight excluding hydrogens is 310 g/mol. The number of nitrogens with one attached hydrogen (secondary N) is 1. The predicted molar refractivity (Wildman–Crippen MR) is 83.1 cm³/mol. The quantitative estimate of drug-likeness (QED) is 0.874. The first-order valence-corrected chi connectivity index (χ1v) is 6.54. The predicted octanol–water partition coefficient (Wildman–Crippen LogP) is 4.47. The molecule has 2 rings (SSSR count). The fraction of sp³-hybridized carbons (Fsp3) is 0.200. The van der Waals surface area contributed by atoms with Gasteiger partial charge in [-0.25, -0.2) is 0 Å². The van der Waals surface area contributed by atoms with Gasteiger partial charge in [0.15, 0.2) is 0 Å². The van der Waals surface area contributed by atoms with Gasteiger partial charge in [-0.2, -0.15) is 0 Å².